The maximum Gasteiger partial charge on any atom is 0.417 e. The van der Waals surface area contributed by atoms with Gasteiger partial charge in [0.1, 0.15) is 11.6 Å². The van der Waals surface area contributed by atoms with Gasteiger partial charge in [-0.05, 0) is 56.7 Å². The number of nitriles is 1. The van der Waals surface area contributed by atoms with Crippen LogP contribution in [0, 0.1) is 32.1 Å². The molecule has 7 nitrogen and oxygen atoms in total. The van der Waals surface area contributed by atoms with Gasteiger partial charge in [-0.3, -0.25) is 0 Å². The Labute approximate surface area is 185 Å². The van der Waals surface area contributed by atoms with Gasteiger partial charge in [0, 0.05) is 17.1 Å². The van der Waals surface area contributed by atoms with Crippen LogP contribution >= 0.6 is 11.6 Å². The summed E-state index contributed by atoms with van der Waals surface area (Å²) in [5.74, 6) is -0.455. The van der Waals surface area contributed by atoms with E-state index in [-0.39, 0.29) is 23.8 Å². The summed E-state index contributed by atoms with van der Waals surface area (Å²) >= 11 is 5.71. The van der Waals surface area contributed by atoms with Crippen molar-refractivity contribution in [2.45, 2.75) is 33.6 Å². The average molecular weight is 465 g/mol. The number of nitrogens with zero attached hydrogens (tertiary/aromatic N) is 4. The lowest BCUT2D eigenvalue weighted by Gasteiger charge is -2.14. The monoisotopic (exact) mass is 464 g/mol. The van der Waals surface area contributed by atoms with Crippen molar-refractivity contribution in [2.75, 3.05) is 0 Å². The SMILES string of the molecule is Cc1noc(COC(=O)/C(C#N)=C/c2cc(C)n(-c3ccc(Cl)c(C(F)(F)F)c3)c2C)n1. The number of carbonyl (C=O) groups excluding carboxylic acids is 1. The number of benzene rings is 1. The summed E-state index contributed by atoms with van der Waals surface area (Å²) < 4.78 is 51.2. The van der Waals surface area contributed by atoms with E-state index in [1.54, 1.807) is 37.5 Å². The molecule has 32 heavy (non-hydrogen) atoms. The molecule has 3 rings (SSSR count). The maximum absolute atomic E-state index is 13.2. The molecule has 0 aliphatic rings. The molecular formula is C21H16ClF3N4O3. The lowest BCUT2D eigenvalue weighted by Crippen LogP contribution is -2.08. The van der Waals surface area contributed by atoms with Crippen LogP contribution in [0.4, 0.5) is 13.2 Å². The molecule has 2 aromatic heterocycles. The highest BCUT2D eigenvalue weighted by Crippen LogP contribution is 2.36. The number of esters is 1. The summed E-state index contributed by atoms with van der Waals surface area (Å²) in [4.78, 5) is 16.2. The number of aromatic nitrogens is 3. The van der Waals surface area contributed by atoms with Gasteiger partial charge in [-0.15, -0.1) is 0 Å². The third kappa shape index (κ3) is 4.84. The van der Waals surface area contributed by atoms with Crippen LogP contribution in [0.1, 0.15) is 34.2 Å². The van der Waals surface area contributed by atoms with Gasteiger partial charge >= 0.3 is 12.1 Å². The number of halogens is 4. The standard InChI is InChI=1S/C21H16ClF3N4O3/c1-11-6-14(7-15(9-26)20(30)31-10-19-27-13(3)28-32-19)12(2)29(11)16-4-5-18(22)17(8-16)21(23,24)25/h4-8H,10H2,1-3H3/b15-7+. The second kappa shape index (κ2) is 8.88. The van der Waals surface area contributed by atoms with Crippen molar-refractivity contribution in [1.29, 1.82) is 5.26 Å². The zero-order valence-corrected chi connectivity index (χ0v) is 17.9. The number of rotatable bonds is 5. The third-order valence-electron chi connectivity index (χ3n) is 4.52. The maximum atomic E-state index is 13.2. The Morgan fingerprint density at radius 1 is 1.31 bits per heavy atom. The zero-order chi connectivity index (χ0) is 23.6. The summed E-state index contributed by atoms with van der Waals surface area (Å²) in [6.45, 7) is 4.64. The Bertz CT molecular complexity index is 1250. The second-order valence-corrected chi connectivity index (χ2v) is 7.21. The Hall–Kier alpha value is -3.58. The number of carbonyl (C=O) groups is 1. The second-order valence-electron chi connectivity index (χ2n) is 6.81. The molecule has 0 N–H and O–H groups in total. The van der Waals surface area contributed by atoms with Crippen LogP contribution in [0.15, 0.2) is 34.4 Å². The Kier molecular flexibility index (Phi) is 6.41. The fourth-order valence-corrected chi connectivity index (χ4v) is 3.32. The Morgan fingerprint density at radius 3 is 2.62 bits per heavy atom. The minimum atomic E-state index is -4.61. The largest absolute Gasteiger partial charge is 0.451 e. The Morgan fingerprint density at radius 2 is 2.03 bits per heavy atom. The first-order chi connectivity index (χ1) is 15.0. The lowest BCUT2D eigenvalue weighted by molar-refractivity contribution is -0.140. The van der Waals surface area contributed by atoms with Crippen LogP contribution in [0.5, 0.6) is 0 Å². The molecule has 11 heteroatoms. The molecule has 0 aliphatic carbocycles. The first-order valence-electron chi connectivity index (χ1n) is 9.15. The Balaban J connectivity index is 1.91. The number of alkyl halides is 3. The van der Waals surface area contributed by atoms with Crippen molar-refractivity contribution in [3.8, 4) is 11.8 Å². The van der Waals surface area contributed by atoms with E-state index in [1.807, 2.05) is 0 Å². The normalized spacial score (nSPS) is 12.0. The van der Waals surface area contributed by atoms with E-state index >= 15 is 0 Å². The predicted molar refractivity (Wildman–Crippen MR) is 108 cm³/mol. The smallest absolute Gasteiger partial charge is 0.417 e. The first-order valence-corrected chi connectivity index (χ1v) is 9.53. The van der Waals surface area contributed by atoms with Gasteiger partial charge in [-0.25, -0.2) is 4.79 Å². The molecule has 0 aliphatic heterocycles. The van der Waals surface area contributed by atoms with Crippen molar-refractivity contribution < 1.29 is 27.2 Å². The van der Waals surface area contributed by atoms with E-state index < -0.39 is 22.7 Å². The molecule has 0 amide bonds. The highest BCUT2D eigenvalue weighted by molar-refractivity contribution is 6.31. The van der Waals surface area contributed by atoms with Crippen molar-refractivity contribution in [1.82, 2.24) is 14.7 Å². The van der Waals surface area contributed by atoms with Gasteiger partial charge in [-0.1, -0.05) is 16.8 Å². The highest BCUT2D eigenvalue weighted by Gasteiger charge is 2.33. The molecule has 0 atom stereocenters. The molecule has 166 valence electrons. The molecule has 0 radical (unpaired) electrons. The first kappa shape index (κ1) is 23.1. The molecule has 0 spiro atoms. The summed E-state index contributed by atoms with van der Waals surface area (Å²) in [6, 6.07) is 6.98. The summed E-state index contributed by atoms with van der Waals surface area (Å²) in [5.41, 5.74) is 0.562. The summed E-state index contributed by atoms with van der Waals surface area (Å²) in [6.07, 6.45) is -3.31. The van der Waals surface area contributed by atoms with Crippen molar-refractivity contribution in [2.24, 2.45) is 0 Å². The molecule has 0 unspecified atom stereocenters. The van der Waals surface area contributed by atoms with Crippen molar-refractivity contribution >= 4 is 23.6 Å². The van der Waals surface area contributed by atoms with Gasteiger partial charge in [0.05, 0.1) is 10.6 Å². The fourth-order valence-electron chi connectivity index (χ4n) is 3.10. The van der Waals surface area contributed by atoms with Gasteiger partial charge in [0.2, 0.25) is 0 Å². The number of hydrogen-bond acceptors (Lipinski definition) is 6. The van der Waals surface area contributed by atoms with Gasteiger partial charge in [0.15, 0.2) is 12.4 Å². The van der Waals surface area contributed by atoms with Gasteiger partial charge < -0.3 is 13.8 Å². The predicted octanol–water partition coefficient (Wildman–Crippen LogP) is 5.11. The molecule has 1 aromatic carbocycles. The molecule has 3 aromatic rings. The van der Waals surface area contributed by atoms with Crippen LogP contribution in [0.3, 0.4) is 0 Å². The zero-order valence-electron chi connectivity index (χ0n) is 17.1. The average Bonchev–Trinajstić information content (AvgIpc) is 3.26. The topological polar surface area (TPSA) is 93.9 Å². The number of aryl methyl sites for hydroxylation is 2. The van der Waals surface area contributed by atoms with E-state index in [2.05, 4.69) is 10.1 Å². The molecule has 0 saturated carbocycles. The molecular weight excluding hydrogens is 449 g/mol. The van der Waals surface area contributed by atoms with Gasteiger partial charge in [0.25, 0.3) is 5.89 Å². The third-order valence-corrected chi connectivity index (χ3v) is 4.85. The fraction of sp³-hybridized carbons (Fsp3) is 0.238. The molecule has 0 saturated heterocycles. The van der Waals surface area contributed by atoms with Gasteiger partial charge in [-0.2, -0.15) is 23.4 Å². The van der Waals surface area contributed by atoms with Crippen molar-refractivity contribution in [3.05, 3.63) is 69.1 Å². The molecule has 0 fully saturated rings. The minimum absolute atomic E-state index is 0.0783. The summed E-state index contributed by atoms with van der Waals surface area (Å²) in [7, 11) is 0. The van der Waals surface area contributed by atoms with E-state index in [1.165, 1.54) is 18.2 Å². The molecule has 2 heterocycles. The van der Waals surface area contributed by atoms with Crippen LogP contribution < -0.4 is 0 Å². The quantitative estimate of drug-likeness (QED) is 0.296. The van der Waals surface area contributed by atoms with E-state index in [4.69, 9.17) is 20.9 Å². The van der Waals surface area contributed by atoms with E-state index in [0.29, 0.717) is 22.8 Å². The highest BCUT2D eigenvalue weighted by atomic mass is 35.5. The van der Waals surface area contributed by atoms with Crippen LogP contribution in [0.2, 0.25) is 5.02 Å². The number of hydrogen-bond donors (Lipinski definition) is 0. The van der Waals surface area contributed by atoms with Crippen LogP contribution in [0.25, 0.3) is 11.8 Å². The lowest BCUT2D eigenvalue weighted by atomic mass is 10.1. The summed E-state index contributed by atoms with van der Waals surface area (Å²) in [5, 5.41) is 12.5. The van der Waals surface area contributed by atoms with Crippen LogP contribution in [-0.2, 0) is 22.3 Å². The van der Waals surface area contributed by atoms with Crippen molar-refractivity contribution in [3.63, 3.8) is 0 Å². The van der Waals surface area contributed by atoms with E-state index in [9.17, 15) is 23.2 Å². The van der Waals surface area contributed by atoms with Crippen LogP contribution in [-0.4, -0.2) is 20.7 Å². The van der Waals surface area contributed by atoms with E-state index in [0.717, 1.165) is 6.07 Å². The minimum Gasteiger partial charge on any atom is -0.451 e. The number of ether oxygens (including phenoxy) is 1. The molecule has 0 bridgehead atoms.